The average molecular weight is 348 g/mol. The van der Waals surface area contributed by atoms with Gasteiger partial charge in [0.05, 0.1) is 19.0 Å². The summed E-state index contributed by atoms with van der Waals surface area (Å²) in [6.07, 6.45) is 0. The van der Waals surface area contributed by atoms with Crippen molar-refractivity contribution < 1.29 is 9.53 Å². The van der Waals surface area contributed by atoms with Crippen molar-refractivity contribution in [1.82, 2.24) is 14.9 Å². The van der Waals surface area contributed by atoms with E-state index in [1.165, 1.54) is 16.4 Å². The summed E-state index contributed by atoms with van der Waals surface area (Å²) in [5.74, 6) is 6.47. The molecule has 1 saturated heterocycles. The molecule has 1 aliphatic rings. The van der Waals surface area contributed by atoms with Crippen molar-refractivity contribution >= 4 is 29.0 Å². The van der Waals surface area contributed by atoms with Crippen molar-refractivity contribution in [2.75, 3.05) is 48.1 Å². The van der Waals surface area contributed by atoms with E-state index in [0.29, 0.717) is 11.0 Å². The molecular formula is C15H20N6O2S. The minimum Gasteiger partial charge on any atom is -0.378 e. The van der Waals surface area contributed by atoms with Crippen LogP contribution in [-0.2, 0) is 9.53 Å². The molecule has 0 unspecified atom stereocenters. The molecule has 3 rings (SSSR count). The number of nitrogen functional groups attached to an aromatic ring is 1. The lowest BCUT2D eigenvalue weighted by Gasteiger charge is -2.28. The monoisotopic (exact) mass is 348 g/mol. The maximum Gasteiger partial charge on any atom is 0.234 e. The average Bonchev–Trinajstić information content (AvgIpc) is 2.93. The fourth-order valence-electron chi connectivity index (χ4n) is 2.35. The SMILES string of the molecule is Cc1nnc(SCC(=O)Nc2ccc(N3CCOCC3)cc2)n1N. The maximum atomic E-state index is 12.0. The van der Waals surface area contributed by atoms with Crippen molar-refractivity contribution in [2.45, 2.75) is 12.1 Å². The number of amides is 1. The minimum atomic E-state index is -0.111. The Balaban J connectivity index is 1.51. The molecule has 1 amide bonds. The fraction of sp³-hybridized carbons (Fsp3) is 0.400. The van der Waals surface area contributed by atoms with E-state index in [9.17, 15) is 4.79 Å². The summed E-state index contributed by atoms with van der Waals surface area (Å²) in [4.78, 5) is 14.3. The van der Waals surface area contributed by atoms with Crippen LogP contribution in [0.5, 0.6) is 0 Å². The van der Waals surface area contributed by atoms with Crippen LogP contribution in [0, 0.1) is 6.92 Å². The van der Waals surface area contributed by atoms with Crippen LogP contribution in [0.1, 0.15) is 5.82 Å². The summed E-state index contributed by atoms with van der Waals surface area (Å²) in [6, 6.07) is 7.83. The lowest BCUT2D eigenvalue weighted by Crippen LogP contribution is -2.36. The highest BCUT2D eigenvalue weighted by Gasteiger charge is 2.12. The predicted molar refractivity (Wildman–Crippen MR) is 93.7 cm³/mol. The number of aryl methyl sites for hydroxylation is 1. The minimum absolute atomic E-state index is 0.111. The normalized spacial score (nSPS) is 14.6. The molecule has 128 valence electrons. The van der Waals surface area contributed by atoms with E-state index in [4.69, 9.17) is 10.6 Å². The van der Waals surface area contributed by atoms with Crippen LogP contribution in [0.2, 0.25) is 0 Å². The molecule has 3 N–H and O–H groups in total. The predicted octanol–water partition coefficient (Wildman–Crippen LogP) is 0.868. The first kappa shape index (κ1) is 16.6. The van der Waals surface area contributed by atoms with Gasteiger partial charge in [0.25, 0.3) is 0 Å². The van der Waals surface area contributed by atoms with E-state index >= 15 is 0 Å². The topological polar surface area (TPSA) is 98.3 Å². The van der Waals surface area contributed by atoms with Gasteiger partial charge in [-0.1, -0.05) is 11.8 Å². The molecule has 1 aromatic carbocycles. The van der Waals surface area contributed by atoms with E-state index in [1.54, 1.807) is 6.92 Å². The first-order chi connectivity index (χ1) is 11.6. The molecule has 1 aliphatic heterocycles. The molecule has 2 aromatic rings. The molecule has 1 fully saturated rings. The Bertz CT molecular complexity index is 696. The van der Waals surface area contributed by atoms with E-state index < -0.39 is 0 Å². The first-order valence-electron chi connectivity index (χ1n) is 7.66. The van der Waals surface area contributed by atoms with Gasteiger partial charge in [0, 0.05) is 24.5 Å². The van der Waals surface area contributed by atoms with Crippen LogP contribution in [-0.4, -0.2) is 52.8 Å². The number of carbonyl (C=O) groups is 1. The number of anilines is 2. The molecule has 0 aliphatic carbocycles. The fourth-order valence-corrected chi connectivity index (χ4v) is 3.05. The van der Waals surface area contributed by atoms with Gasteiger partial charge in [0.1, 0.15) is 5.82 Å². The van der Waals surface area contributed by atoms with Crippen LogP contribution in [0.4, 0.5) is 11.4 Å². The van der Waals surface area contributed by atoms with Crippen LogP contribution in [0.15, 0.2) is 29.4 Å². The molecule has 8 nitrogen and oxygen atoms in total. The highest BCUT2D eigenvalue weighted by Crippen LogP contribution is 2.20. The van der Waals surface area contributed by atoms with Gasteiger partial charge in [-0.25, -0.2) is 4.68 Å². The number of benzene rings is 1. The Labute approximate surface area is 144 Å². The van der Waals surface area contributed by atoms with Crippen molar-refractivity contribution in [3.63, 3.8) is 0 Å². The summed E-state index contributed by atoms with van der Waals surface area (Å²) in [6.45, 7) is 5.04. The van der Waals surface area contributed by atoms with Crippen LogP contribution in [0.3, 0.4) is 0 Å². The van der Waals surface area contributed by atoms with Gasteiger partial charge in [-0.3, -0.25) is 4.79 Å². The highest BCUT2D eigenvalue weighted by atomic mass is 32.2. The number of aromatic nitrogens is 3. The summed E-state index contributed by atoms with van der Waals surface area (Å²) in [5, 5.41) is 11.2. The third-order valence-electron chi connectivity index (χ3n) is 3.69. The first-order valence-corrected chi connectivity index (χ1v) is 8.64. The van der Waals surface area contributed by atoms with Gasteiger partial charge in [0.15, 0.2) is 0 Å². The molecule has 0 spiro atoms. The van der Waals surface area contributed by atoms with Crippen molar-refractivity contribution in [2.24, 2.45) is 0 Å². The number of ether oxygens (including phenoxy) is 1. The molecule has 0 saturated carbocycles. The van der Waals surface area contributed by atoms with Crippen LogP contribution >= 0.6 is 11.8 Å². The van der Waals surface area contributed by atoms with E-state index in [1.807, 2.05) is 24.3 Å². The Hall–Kier alpha value is -2.26. The summed E-state index contributed by atoms with van der Waals surface area (Å²) < 4.78 is 6.72. The second-order valence-electron chi connectivity index (χ2n) is 5.38. The van der Waals surface area contributed by atoms with E-state index in [0.717, 1.165) is 37.7 Å². The van der Waals surface area contributed by atoms with Gasteiger partial charge < -0.3 is 20.8 Å². The second-order valence-corrected chi connectivity index (χ2v) is 6.33. The number of morpholine rings is 1. The lowest BCUT2D eigenvalue weighted by molar-refractivity contribution is -0.113. The van der Waals surface area contributed by atoms with Crippen molar-refractivity contribution in [1.29, 1.82) is 0 Å². The molecule has 2 heterocycles. The molecule has 24 heavy (non-hydrogen) atoms. The number of carbonyl (C=O) groups excluding carboxylic acids is 1. The zero-order chi connectivity index (χ0) is 16.9. The maximum absolute atomic E-state index is 12.0. The van der Waals surface area contributed by atoms with Gasteiger partial charge in [-0.05, 0) is 31.2 Å². The molecule has 0 radical (unpaired) electrons. The summed E-state index contributed by atoms with van der Waals surface area (Å²) >= 11 is 1.25. The van der Waals surface area contributed by atoms with Crippen molar-refractivity contribution in [3.8, 4) is 0 Å². The number of hydrogen-bond donors (Lipinski definition) is 2. The lowest BCUT2D eigenvalue weighted by atomic mass is 10.2. The Morgan fingerprint density at radius 2 is 2.00 bits per heavy atom. The van der Waals surface area contributed by atoms with Crippen molar-refractivity contribution in [3.05, 3.63) is 30.1 Å². The second kappa shape index (κ2) is 7.54. The van der Waals surface area contributed by atoms with Crippen LogP contribution in [0.25, 0.3) is 0 Å². The number of nitrogens with zero attached hydrogens (tertiary/aromatic N) is 4. The Morgan fingerprint density at radius 1 is 1.29 bits per heavy atom. The number of rotatable bonds is 5. The molecular weight excluding hydrogens is 328 g/mol. The molecule has 0 atom stereocenters. The summed E-state index contributed by atoms with van der Waals surface area (Å²) in [5.41, 5.74) is 1.90. The largest absolute Gasteiger partial charge is 0.378 e. The zero-order valence-corrected chi connectivity index (χ0v) is 14.3. The third-order valence-corrected chi connectivity index (χ3v) is 4.64. The number of nitrogens with two attached hydrogens (primary N) is 1. The van der Waals surface area contributed by atoms with Gasteiger partial charge >= 0.3 is 0 Å². The quantitative estimate of drug-likeness (QED) is 0.611. The van der Waals surface area contributed by atoms with Gasteiger partial charge in [-0.2, -0.15) is 0 Å². The Morgan fingerprint density at radius 3 is 2.62 bits per heavy atom. The van der Waals surface area contributed by atoms with E-state index in [-0.39, 0.29) is 11.7 Å². The molecule has 9 heteroatoms. The third kappa shape index (κ3) is 3.98. The number of nitrogens with one attached hydrogen (secondary N) is 1. The molecule has 1 aromatic heterocycles. The zero-order valence-electron chi connectivity index (χ0n) is 13.4. The molecule has 0 bridgehead atoms. The highest BCUT2D eigenvalue weighted by molar-refractivity contribution is 7.99. The number of hydrogen-bond acceptors (Lipinski definition) is 7. The Kier molecular flexibility index (Phi) is 5.21. The standard InChI is InChI=1S/C15H20N6O2S/c1-11-18-19-15(21(11)16)24-10-14(22)17-12-2-4-13(5-3-12)20-6-8-23-9-7-20/h2-5H,6-10,16H2,1H3,(H,17,22). The van der Waals surface area contributed by atoms with Gasteiger partial charge in [0.2, 0.25) is 11.1 Å². The number of thioether (sulfide) groups is 1. The summed E-state index contributed by atoms with van der Waals surface area (Å²) in [7, 11) is 0. The van der Waals surface area contributed by atoms with E-state index in [2.05, 4.69) is 20.4 Å². The van der Waals surface area contributed by atoms with Gasteiger partial charge in [-0.15, -0.1) is 10.2 Å². The van der Waals surface area contributed by atoms with Crippen LogP contribution < -0.4 is 16.1 Å². The smallest absolute Gasteiger partial charge is 0.234 e.